The smallest absolute Gasteiger partial charge is 0.0654 e. The first-order chi connectivity index (χ1) is 17.6. The quantitative estimate of drug-likeness (QED) is 0.135. The first-order valence-corrected chi connectivity index (χ1v) is 16.7. The number of rotatable bonds is 16. The molecular formula is C35H50P+. The molecule has 1 heteroatoms. The maximum Gasteiger partial charge on any atom is 0.112 e. The lowest BCUT2D eigenvalue weighted by Gasteiger charge is -2.31. The Bertz CT molecular complexity index is 923. The molecule has 36 heavy (non-hydrogen) atoms. The number of aryl methyl sites for hydroxylation is 3. The predicted octanol–water partition coefficient (Wildman–Crippen LogP) is 9.61. The third-order valence-corrected chi connectivity index (χ3v) is 12.9. The molecule has 3 rings (SSSR count). The number of hydrogen-bond donors (Lipinski definition) is 0. The van der Waals surface area contributed by atoms with Crippen LogP contribution in [0.5, 0.6) is 0 Å². The van der Waals surface area contributed by atoms with Crippen LogP contribution in [0, 0.1) is 20.8 Å². The van der Waals surface area contributed by atoms with Gasteiger partial charge in [0.15, 0.2) is 0 Å². The Hall–Kier alpha value is -1.91. The highest BCUT2D eigenvalue weighted by Gasteiger charge is 2.47. The van der Waals surface area contributed by atoms with Gasteiger partial charge in [0.2, 0.25) is 0 Å². The largest absolute Gasteiger partial charge is 0.112 e. The zero-order chi connectivity index (χ0) is 25.6. The van der Waals surface area contributed by atoms with Crippen LogP contribution >= 0.6 is 7.26 Å². The van der Waals surface area contributed by atoms with E-state index in [9.17, 15) is 0 Å². The Kier molecular flexibility index (Phi) is 12.2. The first kappa shape index (κ1) is 28.7. The Labute approximate surface area is 223 Å². The van der Waals surface area contributed by atoms with E-state index >= 15 is 0 Å². The van der Waals surface area contributed by atoms with Gasteiger partial charge in [-0.2, -0.15) is 0 Å². The third-order valence-electron chi connectivity index (χ3n) is 7.93. The fraction of sp³-hybridized carbons (Fsp3) is 0.486. The van der Waals surface area contributed by atoms with E-state index in [-0.39, 0.29) is 0 Å². The summed E-state index contributed by atoms with van der Waals surface area (Å²) in [5.41, 5.74) is 4.32. The molecule has 0 nitrogen and oxygen atoms in total. The van der Waals surface area contributed by atoms with E-state index in [1.165, 1.54) is 99.9 Å². The lowest BCUT2D eigenvalue weighted by molar-refractivity contribution is 0.548. The molecule has 0 amide bonds. The molecule has 0 aliphatic heterocycles. The van der Waals surface area contributed by atoms with E-state index in [2.05, 4.69) is 100 Å². The number of benzene rings is 3. The SMILES string of the molecule is CCCCCCCCCCCCCC[P+](c1ccccc1C)(c1ccccc1C)c1ccccc1C. The average molecular weight is 502 g/mol. The summed E-state index contributed by atoms with van der Waals surface area (Å²) < 4.78 is 0. The van der Waals surface area contributed by atoms with Gasteiger partial charge >= 0.3 is 0 Å². The van der Waals surface area contributed by atoms with E-state index in [1.807, 2.05) is 0 Å². The van der Waals surface area contributed by atoms with Gasteiger partial charge in [-0.25, -0.2) is 0 Å². The molecule has 0 aromatic heterocycles. The summed E-state index contributed by atoms with van der Waals surface area (Å²) in [7, 11) is -1.75. The van der Waals surface area contributed by atoms with E-state index in [0.717, 1.165) is 0 Å². The van der Waals surface area contributed by atoms with Crippen LogP contribution in [0.4, 0.5) is 0 Å². The van der Waals surface area contributed by atoms with Gasteiger partial charge in [-0.15, -0.1) is 0 Å². The summed E-state index contributed by atoms with van der Waals surface area (Å²) in [6, 6.07) is 27.6. The maximum atomic E-state index is 2.43. The molecule has 0 heterocycles. The highest BCUT2D eigenvalue weighted by atomic mass is 31.2. The fourth-order valence-electron chi connectivity index (χ4n) is 5.92. The van der Waals surface area contributed by atoms with Gasteiger partial charge < -0.3 is 0 Å². The first-order valence-electron chi connectivity index (χ1n) is 14.7. The second-order valence-corrected chi connectivity index (χ2v) is 14.3. The van der Waals surface area contributed by atoms with Crippen LogP contribution in [0.2, 0.25) is 0 Å². The van der Waals surface area contributed by atoms with Crippen molar-refractivity contribution in [1.82, 2.24) is 0 Å². The number of hydrogen-bond acceptors (Lipinski definition) is 0. The minimum absolute atomic E-state index is 1.27. The molecule has 0 bridgehead atoms. The van der Waals surface area contributed by atoms with Crippen LogP contribution in [0.15, 0.2) is 72.8 Å². The minimum atomic E-state index is -1.75. The molecule has 194 valence electrons. The Morgan fingerprint density at radius 1 is 0.417 bits per heavy atom. The topological polar surface area (TPSA) is 0 Å². The van der Waals surface area contributed by atoms with Crippen LogP contribution < -0.4 is 15.9 Å². The van der Waals surface area contributed by atoms with Crippen LogP contribution in [-0.4, -0.2) is 6.16 Å². The van der Waals surface area contributed by atoms with Gasteiger partial charge in [0, 0.05) is 0 Å². The van der Waals surface area contributed by atoms with Gasteiger partial charge in [0.25, 0.3) is 0 Å². The second-order valence-electron chi connectivity index (χ2n) is 10.8. The zero-order valence-electron chi connectivity index (χ0n) is 23.6. The molecule has 0 atom stereocenters. The summed E-state index contributed by atoms with van der Waals surface area (Å²) in [4.78, 5) is 0. The molecule has 0 aliphatic rings. The second kappa shape index (κ2) is 15.4. The van der Waals surface area contributed by atoms with E-state index in [4.69, 9.17) is 0 Å². The van der Waals surface area contributed by atoms with E-state index in [0.29, 0.717) is 0 Å². The van der Waals surface area contributed by atoms with Crippen molar-refractivity contribution in [2.75, 3.05) is 6.16 Å². The van der Waals surface area contributed by atoms with Gasteiger partial charge in [-0.1, -0.05) is 126 Å². The Morgan fingerprint density at radius 2 is 0.722 bits per heavy atom. The summed E-state index contributed by atoms with van der Waals surface area (Å²) in [5.74, 6) is 0. The van der Waals surface area contributed by atoms with Crippen molar-refractivity contribution in [2.45, 2.75) is 105 Å². The van der Waals surface area contributed by atoms with Crippen molar-refractivity contribution in [3.63, 3.8) is 0 Å². The van der Waals surface area contributed by atoms with Crippen molar-refractivity contribution >= 4 is 23.2 Å². The molecule has 0 N–H and O–H groups in total. The Balaban J connectivity index is 1.74. The van der Waals surface area contributed by atoms with Crippen LogP contribution in [0.25, 0.3) is 0 Å². The van der Waals surface area contributed by atoms with Gasteiger partial charge in [0.05, 0.1) is 6.16 Å². The zero-order valence-corrected chi connectivity index (χ0v) is 24.5. The summed E-state index contributed by atoms with van der Waals surface area (Å²) >= 11 is 0. The van der Waals surface area contributed by atoms with Crippen LogP contribution in [-0.2, 0) is 0 Å². The molecule has 0 fully saturated rings. The molecule has 0 saturated carbocycles. The third kappa shape index (κ3) is 7.55. The van der Waals surface area contributed by atoms with Crippen molar-refractivity contribution in [3.05, 3.63) is 89.5 Å². The van der Waals surface area contributed by atoms with Gasteiger partial charge in [-0.05, 0) is 68.5 Å². The Morgan fingerprint density at radius 3 is 1.06 bits per heavy atom. The molecule has 0 spiro atoms. The van der Waals surface area contributed by atoms with E-state index < -0.39 is 7.26 Å². The lowest BCUT2D eigenvalue weighted by atomic mass is 10.1. The molecule has 3 aromatic rings. The maximum absolute atomic E-state index is 2.43. The van der Waals surface area contributed by atoms with Crippen molar-refractivity contribution in [1.29, 1.82) is 0 Å². The summed E-state index contributed by atoms with van der Waals surface area (Å²) in [6.07, 6.45) is 18.1. The van der Waals surface area contributed by atoms with Crippen molar-refractivity contribution < 1.29 is 0 Å². The van der Waals surface area contributed by atoms with Gasteiger partial charge in [-0.3, -0.25) is 0 Å². The van der Waals surface area contributed by atoms with Crippen molar-refractivity contribution in [2.24, 2.45) is 0 Å². The lowest BCUT2D eigenvalue weighted by Crippen LogP contribution is -2.37. The van der Waals surface area contributed by atoms with Crippen LogP contribution in [0.1, 0.15) is 101 Å². The van der Waals surface area contributed by atoms with Gasteiger partial charge in [0.1, 0.15) is 23.2 Å². The molecule has 0 unspecified atom stereocenters. The average Bonchev–Trinajstić information content (AvgIpc) is 2.89. The monoisotopic (exact) mass is 501 g/mol. The molecular weight excluding hydrogens is 451 g/mol. The molecule has 0 radical (unpaired) electrons. The summed E-state index contributed by atoms with van der Waals surface area (Å²) in [5, 5.41) is 4.74. The fourth-order valence-corrected chi connectivity index (χ4v) is 11.2. The summed E-state index contributed by atoms with van der Waals surface area (Å²) in [6.45, 7) is 9.27. The van der Waals surface area contributed by atoms with Crippen molar-refractivity contribution in [3.8, 4) is 0 Å². The number of unbranched alkanes of at least 4 members (excludes halogenated alkanes) is 11. The normalized spacial score (nSPS) is 11.7. The minimum Gasteiger partial charge on any atom is -0.0654 e. The molecule has 0 saturated heterocycles. The van der Waals surface area contributed by atoms with E-state index in [1.54, 1.807) is 15.9 Å². The highest BCUT2D eigenvalue weighted by Crippen LogP contribution is 2.58. The molecule has 0 aliphatic carbocycles. The standard InChI is InChI=1S/C35H50P/c1-5-6-7-8-9-10-11-12-13-14-15-22-29-36(33-26-19-16-23-30(33)2,34-27-20-17-24-31(34)3)35-28-21-18-25-32(35)4/h16-21,23-28H,5-15,22,29H2,1-4H3/q+1. The predicted molar refractivity (Wildman–Crippen MR) is 165 cm³/mol. The highest BCUT2D eigenvalue weighted by molar-refractivity contribution is 7.96. The van der Waals surface area contributed by atoms with Crippen LogP contribution in [0.3, 0.4) is 0 Å². The molecule has 3 aromatic carbocycles.